The average molecular weight is 608 g/mol. The number of methoxy groups -OCH3 is 1. The Balaban J connectivity index is 0.000000404. The number of hydrogen-bond donors (Lipinski definition) is 7. The number of hydrogen-bond acceptors (Lipinski definition) is 12. The molecule has 0 amide bonds. The number of aliphatic hydroxyl groups is 3. The van der Waals surface area contributed by atoms with Gasteiger partial charge in [0.1, 0.15) is 30.1 Å². The zero-order chi connectivity index (χ0) is 33.0. The molecule has 1 aliphatic heterocycles. The van der Waals surface area contributed by atoms with Crippen molar-refractivity contribution in [3.63, 3.8) is 0 Å². The smallest absolute Gasteiger partial charge is 0.202 e. The predicted octanol–water partition coefficient (Wildman–Crippen LogP) is 2.11. The molecule has 0 radical (unpaired) electrons. The number of fused-ring (bicyclic) bond motifs is 3. The van der Waals surface area contributed by atoms with Crippen LogP contribution in [0.2, 0.25) is 0 Å². The van der Waals surface area contributed by atoms with Crippen LogP contribution in [-0.2, 0) is 27.1 Å². The molecule has 3 aliphatic rings. The highest BCUT2D eigenvalue weighted by Gasteiger charge is 2.40. The largest absolute Gasteiger partial charge is 0.507 e. The van der Waals surface area contributed by atoms with E-state index in [2.05, 4.69) is 4.74 Å². The van der Waals surface area contributed by atoms with E-state index in [9.17, 15) is 39.9 Å². The molecule has 12 nitrogen and oxygen atoms in total. The Hall–Kier alpha value is -3.39. The standard InChI is InChI=1S/C18H14O6.C6H13NO3.C3H6O2.2C2H6/c19-7-4-5-8-10(6-7)17(23)13-14(15(8)21)18(24)12-9(16(13)22)2-1-3-11(12)20;1-3-6(9)4(7)2-5(8)10-3;1-5-3-2-4;2*1-2/h1-3,7,19-21,23H,4-6H2;3-6,8-9H,2,7H2,1H3;2H,3H2,1H3;2*1-2H3/t7-;;;;/m1..../s1. The summed E-state index contributed by atoms with van der Waals surface area (Å²) in [5.74, 6) is -2.39. The summed E-state index contributed by atoms with van der Waals surface area (Å²) >= 11 is 0. The summed E-state index contributed by atoms with van der Waals surface area (Å²) in [7, 11) is 1.48. The fourth-order valence-electron chi connectivity index (χ4n) is 4.80. The minimum atomic E-state index is -0.812. The zero-order valence-electron chi connectivity index (χ0n) is 25.5. The fraction of sp³-hybridized carbons (Fsp3) is 0.516. The third-order valence-corrected chi connectivity index (χ3v) is 6.80. The van der Waals surface area contributed by atoms with Gasteiger partial charge in [-0.15, -0.1) is 0 Å². The molecule has 1 saturated heterocycles. The van der Waals surface area contributed by atoms with Gasteiger partial charge in [-0.2, -0.15) is 0 Å². The van der Waals surface area contributed by atoms with E-state index in [1.807, 2.05) is 27.7 Å². The molecule has 2 aromatic carbocycles. The lowest BCUT2D eigenvalue weighted by atomic mass is 9.77. The molecule has 8 N–H and O–H groups in total. The predicted molar refractivity (Wildman–Crippen MR) is 159 cm³/mol. The highest BCUT2D eigenvalue weighted by atomic mass is 16.6. The van der Waals surface area contributed by atoms with Crippen LogP contribution < -0.4 is 5.73 Å². The number of aromatic hydroxyl groups is 3. The summed E-state index contributed by atoms with van der Waals surface area (Å²) in [6.07, 6.45) is -0.690. The van der Waals surface area contributed by atoms with E-state index in [4.69, 9.17) is 15.6 Å². The maximum absolute atomic E-state index is 12.8. The molecule has 0 bridgehead atoms. The lowest BCUT2D eigenvalue weighted by Gasteiger charge is -2.33. The summed E-state index contributed by atoms with van der Waals surface area (Å²) in [4.78, 5) is 34.8. The first-order valence-corrected chi connectivity index (χ1v) is 14.3. The van der Waals surface area contributed by atoms with Crippen LogP contribution in [0, 0.1) is 0 Å². The van der Waals surface area contributed by atoms with Crippen LogP contribution in [0.5, 0.6) is 17.2 Å². The average Bonchev–Trinajstić information content (AvgIpc) is 2.99. The number of ketones is 2. The number of phenolic OH excluding ortho intramolecular Hbond substituents is 3. The van der Waals surface area contributed by atoms with Crippen molar-refractivity contribution in [1.29, 1.82) is 0 Å². The van der Waals surface area contributed by atoms with Gasteiger partial charge in [0.2, 0.25) is 5.78 Å². The van der Waals surface area contributed by atoms with Gasteiger partial charge in [0.15, 0.2) is 12.1 Å². The van der Waals surface area contributed by atoms with E-state index in [1.165, 1.54) is 25.3 Å². The van der Waals surface area contributed by atoms with Crippen LogP contribution in [0.15, 0.2) is 18.2 Å². The number of ether oxygens (including phenoxy) is 2. The Morgan fingerprint density at radius 2 is 1.53 bits per heavy atom. The van der Waals surface area contributed by atoms with Gasteiger partial charge in [-0.3, -0.25) is 9.59 Å². The second-order valence-electron chi connectivity index (χ2n) is 9.47. The molecule has 240 valence electrons. The molecule has 5 atom stereocenters. The van der Waals surface area contributed by atoms with E-state index < -0.39 is 30.1 Å². The fourth-order valence-corrected chi connectivity index (χ4v) is 4.80. The number of benzene rings is 2. The van der Waals surface area contributed by atoms with E-state index in [0.717, 1.165) is 0 Å². The maximum Gasteiger partial charge on any atom is 0.202 e. The van der Waals surface area contributed by atoms with Crippen LogP contribution in [0.25, 0.3) is 0 Å². The molecule has 1 fully saturated rings. The maximum atomic E-state index is 12.8. The molecular weight excluding hydrogens is 562 g/mol. The Morgan fingerprint density at radius 1 is 0.953 bits per heavy atom. The lowest BCUT2D eigenvalue weighted by molar-refractivity contribution is -0.198. The molecular formula is C31H45NO11. The van der Waals surface area contributed by atoms with E-state index in [0.29, 0.717) is 30.3 Å². The van der Waals surface area contributed by atoms with Gasteiger partial charge in [0, 0.05) is 42.7 Å². The van der Waals surface area contributed by atoms with E-state index in [-0.39, 0.29) is 71.1 Å². The number of carbonyl (C=O) groups is 3. The minimum absolute atomic E-state index is 0.0153. The van der Waals surface area contributed by atoms with Gasteiger partial charge in [0.05, 0.1) is 35.0 Å². The van der Waals surface area contributed by atoms with Crippen LogP contribution in [0.1, 0.15) is 90.4 Å². The zero-order valence-corrected chi connectivity index (χ0v) is 25.5. The number of phenols is 3. The molecule has 43 heavy (non-hydrogen) atoms. The lowest BCUT2D eigenvalue weighted by Crippen LogP contribution is -2.51. The van der Waals surface area contributed by atoms with Crippen LogP contribution in [-0.4, -0.2) is 92.9 Å². The van der Waals surface area contributed by atoms with Crippen molar-refractivity contribution in [2.75, 3.05) is 13.7 Å². The molecule has 1 heterocycles. The van der Waals surface area contributed by atoms with Crippen molar-refractivity contribution in [2.45, 2.75) is 90.9 Å². The van der Waals surface area contributed by atoms with E-state index >= 15 is 0 Å². The highest BCUT2D eigenvalue weighted by Crippen LogP contribution is 2.46. The van der Waals surface area contributed by atoms with Gasteiger partial charge in [-0.25, -0.2) is 0 Å². The number of nitrogens with two attached hydrogens (primary N) is 1. The van der Waals surface area contributed by atoms with Crippen LogP contribution in [0.4, 0.5) is 0 Å². The first-order valence-electron chi connectivity index (χ1n) is 14.3. The summed E-state index contributed by atoms with van der Waals surface area (Å²) in [6.45, 7) is 9.90. The van der Waals surface area contributed by atoms with Gasteiger partial charge in [0.25, 0.3) is 0 Å². The van der Waals surface area contributed by atoms with Crippen molar-refractivity contribution in [1.82, 2.24) is 0 Å². The quantitative estimate of drug-likeness (QED) is 0.165. The number of aldehydes is 1. The molecule has 0 aromatic heterocycles. The molecule has 5 rings (SSSR count). The third kappa shape index (κ3) is 8.59. The van der Waals surface area contributed by atoms with Gasteiger partial charge in [-0.05, 0) is 25.8 Å². The van der Waals surface area contributed by atoms with Crippen molar-refractivity contribution < 1.29 is 54.5 Å². The van der Waals surface area contributed by atoms with E-state index in [1.54, 1.807) is 6.92 Å². The van der Waals surface area contributed by atoms with Gasteiger partial charge in [-0.1, -0.05) is 39.8 Å². The summed E-state index contributed by atoms with van der Waals surface area (Å²) in [5, 5.41) is 59.0. The Bertz CT molecular complexity index is 1230. The first kappa shape index (κ1) is 37.6. The number of rotatable bonds is 2. The minimum Gasteiger partial charge on any atom is -0.507 e. The molecule has 2 aliphatic carbocycles. The summed E-state index contributed by atoms with van der Waals surface area (Å²) < 4.78 is 9.22. The summed E-state index contributed by atoms with van der Waals surface area (Å²) in [6, 6.07) is 3.76. The Labute approximate surface area is 251 Å². The van der Waals surface area contributed by atoms with Crippen LogP contribution in [0.3, 0.4) is 0 Å². The normalized spacial score (nSPS) is 23.1. The Kier molecular flexibility index (Phi) is 15.5. The highest BCUT2D eigenvalue weighted by molar-refractivity contribution is 6.31. The number of aliphatic hydroxyl groups excluding tert-OH is 3. The second kappa shape index (κ2) is 17.7. The van der Waals surface area contributed by atoms with Crippen molar-refractivity contribution in [3.05, 3.63) is 51.6 Å². The van der Waals surface area contributed by atoms with Crippen LogP contribution >= 0.6 is 0 Å². The molecule has 2 aromatic rings. The van der Waals surface area contributed by atoms with Crippen molar-refractivity contribution >= 4 is 17.9 Å². The molecule has 0 saturated carbocycles. The molecule has 12 heteroatoms. The van der Waals surface area contributed by atoms with Gasteiger partial charge < -0.3 is 50.6 Å². The van der Waals surface area contributed by atoms with Gasteiger partial charge >= 0.3 is 0 Å². The second-order valence-corrected chi connectivity index (χ2v) is 9.47. The molecule has 0 spiro atoms. The third-order valence-electron chi connectivity index (χ3n) is 6.80. The van der Waals surface area contributed by atoms with Crippen molar-refractivity contribution in [3.8, 4) is 17.2 Å². The SMILES string of the molecule is CC.CC.CC1OC(O)CC(N)C1O.COCC=O.O=C1c2cccc(O)c2C(=O)c2c(O)c3c(c(O)c21)C[C@H](O)CC3. The number of carbonyl (C=O) groups excluding carboxylic acids is 3. The topological polar surface area (TPSA) is 217 Å². The molecule has 4 unspecified atom stereocenters. The Morgan fingerprint density at radius 3 is 2.07 bits per heavy atom. The van der Waals surface area contributed by atoms with Crippen molar-refractivity contribution in [2.24, 2.45) is 5.73 Å². The first-order chi connectivity index (χ1) is 20.4. The monoisotopic (exact) mass is 607 g/mol. The summed E-state index contributed by atoms with van der Waals surface area (Å²) in [5.41, 5.74) is 5.42.